The summed E-state index contributed by atoms with van der Waals surface area (Å²) >= 11 is 0. The van der Waals surface area contributed by atoms with E-state index in [1.165, 1.54) is 25.7 Å². The Kier molecular flexibility index (Phi) is 7.69. The third-order valence-corrected chi connectivity index (χ3v) is 5.46. The van der Waals surface area contributed by atoms with Crippen molar-refractivity contribution in [3.05, 3.63) is 0 Å². The van der Waals surface area contributed by atoms with Crippen LogP contribution in [-0.2, 0) is 19.1 Å². The molecule has 0 radical (unpaired) electrons. The fraction of sp³-hybridized carbons (Fsp3) is 0.889. The number of ether oxygens (including phenoxy) is 2. The van der Waals surface area contributed by atoms with Crippen molar-refractivity contribution in [2.45, 2.75) is 62.4 Å². The molecule has 0 aromatic heterocycles. The van der Waals surface area contributed by atoms with Crippen LogP contribution < -0.4 is 0 Å². The molecule has 3 fully saturated rings. The molecular formula is C18H29F3N2O5. The van der Waals surface area contributed by atoms with E-state index in [0.29, 0.717) is 0 Å². The molecule has 1 unspecified atom stereocenters. The summed E-state index contributed by atoms with van der Waals surface area (Å²) in [5.41, 5.74) is 0.00662. The van der Waals surface area contributed by atoms with E-state index in [1.807, 2.05) is 0 Å². The van der Waals surface area contributed by atoms with Crippen LogP contribution >= 0.6 is 0 Å². The van der Waals surface area contributed by atoms with Crippen molar-refractivity contribution in [2.75, 3.05) is 40.4 Å². The molecule has 10 heteroatoms. The number of likely N-dealkylation sites (N-methyl/N-ethyl adjacent to an activating group) is 1. The standard InChI is InChI=1S/C16H28N2O3.C2HF3O2/c1-17(2)15(19)10-20-14-7-8-21-16(9-14)11-18(12-16)13-5-3-4-6-13;3-2(4,5)1(6)7/h13-14H,3-12H2,1-2H3;(H,6,7). The van der Waals surface area contributed by atoms with E-state index < -0.39 is 12.1 Å². The van der Waals surface area contributed by atoms with Gasteiger partial charge >= 0.3 is 12.1 Å². The van der Waals surface area contributed by atoms with Crippen LogP contribution in [0.1, 0.15) is 38.5 Å². The van der Waals surface area contributed by atoms with Gasteiger partial charge in [-0.1, -0.05) is 12.8 Å². The topological polar surface area (TPSA) is 79.3 Å². The van der Waals surface area contributed by atoms with Gasteiger partial charge in [-0.3, -0.25) is 9.69 Å². The number of carboxylic acid groups (broad SMARTS) is 1. The van der Waals surface area contributed by atoms with Gasteiger partial charge in [-0.2, -0.15) is 13.2 Å². The second-order valence-corrected chi connectivity index (χ2v) is 7.89. The number of alkyl halides is 3. The van der Waals surface area contributed by atoms with Gasteiger partial charge in [0.25, 0.3) is 0 Å². The van der Waals surface area contributed by atoms with E-state index in [4.69, 9.17) is 19.4 Å². The molecule has 2 saturated heterocycles. The number of hydrogen-bond acceptors (Lipinski definition) is 5. The Morgan fingerprint density at radius 2 is 1.79 bits per heavy atom. The number of hydrogen-bond donors (Lipinski definition) is 1. The molecule has 162 valence electrons. The van der Waals surface area contributed by atoms with E-state index in [0.717, 1.165) is 38.6 Å². The molecule has 3 rings (SSSR count). The maximum Gasteiger partial charge on any atom is 0.490 e. The summed E-state index contributed by atoms with van der Waals surface area (Å²) in [5.74, 6) is -2.72. The zero-order chi connectivity index (χ0) is 20.9. The van der Waals surface area contributed by atoms with Gasteiger partial charge in [0, 0.05) is 46.3 Å². The number of halogens is 3. The largest absolute Gasteiger partial charge is 0.490 e. The van der Waals surface area contributed by atoms with Crippen molar-refractivity contribution in [1.82, 2.24) is 9.80 Å². The molecule has 1 N–H and O–H groups in total. The summed E-state index contributed by atoms with van der Waals surface area (Å²) in [6, 6.07) is 0.788. The van der Waals surface area contributed by atoms with Crippen LogP contribution in [0.15, 0.2) is 0 Å². The number of rotatable bonds is 4. The van der Waals surface area contributed by atoms with Crippen LogP contribution in [0.5, 0.6) is 0 Å². The highest BCUT2D eigenvalue weighted by Gasteiger charge is 2.49. The molecular weight excluding hydrogens is 381 g/mol. The first kappa shape index (κ1) is 22.9. The SMILES string of the molecule is CN(C)C(=O)COC1CCOC2(C1)CN(C1CCCC1)C2.O=C(O)C(F)(F)F. The van der Waals surface area contributed by atoms with Gasteiger partial charge in [-0.15, -0.1) is 0 Å². The fourth-order valence-electron chi connectivity index (χ4n) is 3.89. The Balaban J connectivity index is 0.000000345. The molecule has 1 saturated carbocycles. The van der Waals surface area contributed by atoms with Gasteiger partial charge in [0.15, 0.2) is 0 Å². The first-order valence-electron chi connectivity index (χ1n) is 9.52. The van der Waals surface area contributed by atoms with Crippen LogP contribution in [0, 0.1) is 0 Å². The first-order valence-corrected chi connectivity index (χ1v) is 9.52. The highest BCUT2D eigenvalue weighted by molar-refractivity contribution is 5.76. The molecule has 1 aliphatic carbocycles. The molecule has 3 aliphatic rings. The molecule has 1 atom stereocenters. The minimum atomic E-state index is -5.08. The molecule has 1 spiro atoms. The maximum atomic E-state index is 11.6. The Bertz CT molecular complexity index is 544. The number of nitrogens with zero attached hydrogens (tertiary/aromatic N) is 2. The predicted molar refractivity (Wildman–Crippen MR) is 93.9 cm³/mol. The lowest BCUT2D eigenvalue weighted by atomic mass is 9.83. The van der Waals surface area contributed by atoms with E-state index in [-0.39, 0.29) is 24.2 Å². The third kappa shape index (κ3) is 6.31. The second-order valence-electron chi connectivity index (χ2n) is 7.89. The minimum Gasteiger partial charge on any atom is -0.475 e. The molecule has 0 aromatic carbocycles. The normalized spacial score (nSPS) is 25.0. The average Bonchev–Trinajstić information content (AvgIpc) is 3.11. The van der Waals surface area contributed by atoms with Crippen LogP contribution in [-0.4, -0.2) is 91.1 Å². The van der Waals surface area contributed by atoms with Crippen molar-refractivity contribution < 1.29 is 37.3 Å². The summed E-state index contributed by atoms with van der Waals surface area (Å²) < 4.78 is 43.6. The minimum absolute atomic E-state index is 0.00662. The van der Waals surface area contributed by atoms with Crippen molar-refractivity contribution >= 4 is 11.9 Å². The van der Waals surface area contributed by atoms with Crippen molar-refractivity contribution in [2.24, 2.45) is 0 Å². The maximum absolute atomic E-state index is 11.6. The quantitative estimate of drug-likeness (QED) is 0.763. The highest BCUT2D eigenvalue weighted by Crippen LogP contribution is 2.39. The zero-order valence-electron chi connectivity index (χ0n) is 16.3. The Labute approximate surface area is 162 Å². The molecule has 7 nitrogen and oxygen atoms in total. The van der Waals surface area contributed by atoms with E-state index >= 15 is 0 Å². The molecule has 28 heavy (non-hydrogen) atoms. The van der Waals surface area contributed by atoms with Crippen LogP contribution in [0.2, 0.25) is 0 Å². The summed E-state index contributed by atoms with van der Waals surface area (Å²) in [5, 5.41) is 7.12. The lowest BCUT2D eigenvalue weighted by Gasteiger charge is -2.55. The summed E-state index contributed by atoms with van der Waals surface area (Å²) in [7, 11) is 3.53. The summed E-state index contributed by atoms with van der Waals surface area (Å²) in [6.07, 6.45) is 2.41. The van der Waals surface area contributed by atoms with Gasteiger partial charge in [0.1, 0.15) is 6.61 Å². The molecule has 2 heterocycles. The van der Waals surface area contributed by atoms with Gasteiger partial charge in [-0.05, 0) is 19.3 Å². The number of carbonyl (C=O) groups is 2. The highest BCUT2D eigenvalue weighted by atomic mass is 19.4. The first-order chi connectivity index (χ1) is 13.0. The van der Waals surface area contributed by atoms with E-state index in [9.17, 15) is 18.0 Å². The average molecular weight is 410 g/mol. The fourth-order valence-corrected chi connectivity index (χ4v) is 3.89. The molecule has 0 aromatic rings. The van der Waals surface area contributed by atoms with Gasteiger partial charge in [-0.25, -0.2) is 4.79 Å². The van der Waals surface area contributed by atoms with Gasteiger partial charge < -0.3 is 19.5 Å². The number of carboxylic acids is 1. The van der Waals surface area contributed by atoms with Crippen molar-refractivity contribution in [3.8, 4) is 0 Å². The summed E-state index contributed by atoms with van der Waals surface area (Å²) in [6.45, 7) is 3.07. The smallest absolute Gasteiger partial charge is 0.475 e. The third-order valence-electron chi connectivity index (χ3n) is 5.46. The van der Waals surface area contributed by atoms with Crippen molar-refractivity contribution in [3.63, 3.8) is 0 Å². The van der Waals surface area contributed by atoms with E-state index in [2.05, 4.69) is 4.90 Å². The number of amides is 1. The number of likely N-dealkylation sites (tertiary alicyclic amines) is 1. The molecule has 1 amide bonds. The second kappa shape index (κ2) is 9.41. The van der Waals surface area contributed by atoms with Crippen LogP contribution in [0.4, 0.5) is 13.2 Å². The predicted octanol–water partition coefficient (Wildman–Crippen LogP) is 1.90. The number of carbonyl (C=O) groups excluding carboxylic acids is 1. The summed E-state index contributed by atoms with van der Waals surface area (Å²) in [4.78, 5) is 24.7. The Morgan fingerprint density at radius 1 is 1.21 bits per heavy atom. The van der Waals surface area contributed by atoms with Crippen LogP contribution in [0.25, 0.3) is 0 Å². The molecule has 0 bridgehead atoms. The number of aliphatic carboxylic acids is 1. The Morgan fingerprint density at radius 3 is 2.29 bits per heavy atom. The lowest BCUT2D eigenvalue weighted by Crippen LogP contribution is -2.67. The van der Waals surface area contributed by atoms with Gasteiger partial charge in [0.2, 0.25) is 5.91 Å². The van der Waals surface area contributed by atoms with Crippen LogP contribution in [0.3, 0.4) is 0 Å². The lowest BCUT2D eigenvalue weighted by molar-refractivity contribution is -0.205. The zero-order valence-corrected chi connectivity index (χ0v) is 16.3. The van der Waals surface area contributed by atoms with E-state index in [1.54, 1.807) is 19.0 Å². The van der Waals surface area contributed by atoms with Crippen molar-refractivity contribution in [1.29, 1.82) is 0 Å². The Hall–Kier alpha value is -1.39. The molecule has 2 aliphatic heterocycles. The monoisotopic (exact) mass is 410 g/mol. The van der Waals surface area contributed by atoms with Gasteiger partial charge in [0.05, 0.1) is 11.7 Å².